The van der Waals surface area contributed by atoms with Crippen molar-refractivity contribution in [3.05, 3.63) is 42.5 Å². The molecule has 7 nitrogen and oxygen atoms in total. The lowest BCUT2D eigenvalue weighted by Crippen LogP contribution is -2.46. The molecule has 1 aliphatic heterocycles. The fraction of sp³-hybridized carbons (Fsp3) is 0.471. The van der Waals surface area contributed by atoms with Gasteiger partial charge in [-0.2, -0.15) is 5.10 Å². The molecule has 2 aromatic rings. The van der Waals surface area contributed by atoms with Crippen LogP contribution in [0, 0.1) is 0 Å². The van der Waals surface area contributed by atoms with Crippen molar-refractivity contribution in [2.75, 3.05) is 25.0 Å². The quantitative estimate of drug-likeness (QED) is 0.879. The number of likely N-dealkylation sites (tertiary alicyclic amines) is 1. The van der Waals surface area contributed by atoms with E-state index in [0.29, 0.717) is 12.6 Å². The number of aromatic nitrogens is 3. The minimum absolute atomic E-state index is 0.0495. The van der Waals surface area contributed by atoms with Crippen molar-refractivity contribution >= 4 is 11.7 Å². The maximum absolute atomic E-state index is 11.8. The Kier molecular flexibility index (Phi) is 5.30. The van der Waals surface area contributed by atoms with Gasteiger partial charge in [0, 0.05) is 31.4 Å². The molecule has 128 valence electrons. The standard InChI is InChI=1S/C17H24N6O/c1-2-19-17(24)22-9-7-16(8-10-22)21-15-5-3-14(4-6-15)11-23-13-18-12-20-23/h3-6,12-13,16,21H,2,7-11H2,1H3,(H,19,24). The lowest BCUT2D eigenvalue weighted by atomic mass is 10.0. The molecule has 2 amide bonds. The van der Waals surface area contributed by atoms with Gasteiger partial charge in [0.2, 0.25) is 0 Å². The van der Waals surface area contributed by atoms with E-state index in [1.165, 1.54) is 5.56 Å². The predicted octanol–water partition coefficient (Wildman–Crippen LogP) is 1.93. The largest absolute Gasteiger partial charge is 0.382 e. The Balaban J connectivity index is 1.47. The van der Waals surface area contributed by atoms with Gasteiger partial charge in [0.15, 0.2) is 0 Å². The fourth-order valence-corrected chi connectivity index (χ4v) is 2.93. The first-order chi connectivity index (χ1) is 11.7. The highest BCUT2D eigenvalue weighted by molar-refractivity contribution is 5.74. The highest BCUT2D eigenvalue weighted by Gasteiger charge is 2.22. The molecule has 1 fully saturated rings. The number of anilines is 1. The molecule has 24 heavy (non-hydrogen) atoms. The average molecular weight is 328 g/mol. The summed E-state index contributed by atoms with van der Waals surface area (Å²) in [6.45, 7) is 4.95. The summed E-state index contributed by atoms with van der Waals surface area (Å²) in [5.41, 5.74) is 2.31. The maximum Gasteiger partial charge on any atom is 0.317 e. The van der Waals surface area contributed by atoms with E-state index in [9.17, 15) is 4.79 Å². The SMILES string of the molecule is CCNC(=O)N1CCC(Nc2ccc(Cn3cncn3)cc2)CC1. The molecule has 1 saturated heterocycles. The number of carbonyl (C=O) groups is 1. The van der Waals surface area contributed by atoms with Crippen molar-refractivity contribution in [2.24, 2.45) is 0 Å². The van der Waals surface area contributed by atoms with E-state index in [1.54, 1.807) is 17.3 Å². The summed E-state index contributed by atoms with van der Waals surface area (Å²) in [4.78, 5) is 17.7. The van der Waals surface area contributed by atoms with Crippen LogP contribution in [-0.4, -0.2) is 51.4 Å². The normalized spacial score (nSPS) is 15.3. The third-order valence-corrected chi connectivity index (χ3v) is 4.25. The maximum atomic E-state index is 11.8. The molecule has 0 saturated carbocycles. The second kappa shape index (κ2) is 7.81. The third-order valence-electron chi connectivity index (χ3n) is 4.25. The zero-order chi connectivity index (χ0) is 16.8. The van der Waals surface area contributed by atoms with Crippen molar-refractivity contribution in [2.45, 2.75) is 32.4 Å². The molecular formula is C17H24N6O. The molecule has 0 spiro atoms. The number of hydrogen-bond acceptors (Lipinski definition) is 4. The molecule has 7 heteroatoms. The van der Waals surface area contributed by atoms with Crippen molar-refractivity contribution in [3.63, 3.8) is 0 Å². The minimum atomic E-state index is 0.0495. The minimum Gasteiger partial charge on any atom is -0.382 e. The van der Waals surface area contributed by atoms with Crippen LogP contribution in [0.15, 0.2) is 36.9 Å². The Bertz CT molecular complexity index is 632. The molecule has 1 aromatic heterocycles. The van der Waals surface area contributed by atoms with Crippen molar-refractivity contribution in [3.8, 4) is 0 Å². The number of piperidine rings is 1. The first-order valence-electron chi connectivity index (χ1n) is 8.45. The number of rotatable bonds is 5. The van der Waals surface area contributed by atoms with Crippen LogP contribution in [0.25, 0.3) is 0 Å². The first-order valence-corrected chi connectivity index (χ1v) is 8.45. The number of amides is 2. The Hall–Kier alpha value is -2.57. The van der Waals surface area contributed by atoms with Crippen LogP contribution in [0.2, 0.25) is 0 Å². The van der Waals surface area contributed by atoms with Crippen LogP contribution in [0.1, 0.15) is 25.3 Å². The van der Waals surface area contributed by atoms with Crippen LogP contribution < -0.4 is 10.6 Å². The van der Waals surface area contributed by atoms with E-state index < -0.39 is 0 Å². The Morgan fingerprint density at radius 3 is 2.62 bits per heavy atom. The van der Waals surface area contributed by atoms with Gasteiger partial charge in [-0.15, -0.1) is 0 Å². The lowest BCUT2D eigenvalue weighted by molar-refractivity contribution is 0.184. The number of carbonyl (C=O) groups excluding carboxylic acids is 1. The van der Waals surface area contributed by atoms with Gasteiger partial charge < -0.3 is 15.5 Å². The highest BCUT2D eigenvalue weighted by atomic mass is 16.2. The smallest absolute Gasteiger partial charge is 0.317 e. The first kappa shape index (κ1) is 16.3. The molecule has 0 aliphatic carbocycles. The van der Waals surface area contributed by atoms with Gasteiger partial charge in [0.1, 0.15) is 12.7 Å². The van der Waals surface area contributed by atoms with Crippen LogP contribution in [0.5, 0.6) is 0 Å². The van der Waals surface area contributed by atoms with Gasteiger partial charge in [-0.1, -0.05) is 12.1 Å². The molecule has 1 aromatic carbocycles. The summed E-state index contributed by atoms with van der Waals surface area (Å²) in [6, 6.07) is 8.87. The summed E-state index contributed by atoms with van der Waals surface area (Å²) >= 11 is 0. The van der Waals surface area contributed by atoms with Gasteiger partial charge in [0.25, 0.3) is 0 Å². The zero-order valence-corrected chi connectivity index (χ0v) is 14.0. The van der Waals surface area contributed by atoms with Gasteiger partial charge in [0.05, 0.1) is 6.54 Å². The van der Waals surface area contributed by atoms with Crippen LogP contribution in [-0.2, 0) is 6.54 Å². The Labute approximate surface area is 142 Å². The predicted molar refractivity (Wildman–Crippen MR) is 92.9 cm³/mol. The molecule has 1 aliphatic rings. The Morgan fingerprint density at radius 2 is 2.00 bits per heavy atom. The number of urea groups is 1. The molecule has 0 bridgehead atoms. The van der Waals surface area contributed by atoms with Gasteiger partial charge in [-0.3, -0.25) is 0 Å². The van der Waals surface area contributed by atoms with E-state index in [4.69, 9.17) is 0 Å². The van der Waals surface area contributed by atoms with Crippen LogP contribution in [0.4, 0.5) is 10.5 Å². The van der Waals surface area contributed by atoms with E-state index in [2.05, 4.69) is 45.0 Å². The summed E-state index contributed by atoms with van der Waals surface area (Å²) < 4.78 is 1.81. The van der Waals surface area contributed by atoms with Gasteiger partial charge in [-0.25, -0.2) is 14.5 Å². The van der Waals surface area contributed by atoms with Crippen molar-refractivity contribution < 1.29 is 4.79 Å². The number of nitrogens with zero attached hydrogens (tertiary/aromatic N) is 4. The summed E-state index contributed by atoms with van der Waals surface area (Å²) in [6.07, 6.45) is 5.20. The summed E-state index contributed by atoms with van der Waals surface area (Å²) in [5.74, 6) is 0. The fourth-order valence-electron chi connectivity index (χ4n) is 2.93. The van der Waals surface area contributed by atoms with Crippen LogP contribution in [0.3, 0.4) is 0 Å². The summed E-state index contributed by atoms with van der Waals surface area (Å²) in [7, 11) is 0. The van der Waals surface area contributed by atoms with Gasteiger partial charge >= 0.3 is 6.03 Å². The highest BCUT2D eigenvalue weighted by Crippen LogP contribution is 2.17. The van der Waals surface area contributed by atoms with E-state index in [-0.39, 0.29) is 6.03 Å². The molecule has 2 N–H and O–H groups in total. The summed E-state index contributed by atoms with van der Waals surface area (Å²) in [5, 5.41) is 10.5. The zero-order valence-electron chi connectivity index (χ0n) is 14.0. The second-order valence-corrected chi connectivity index (χ2v) is 6.03. The van der Waals surface area contributed by atoms with Gasteiger partial charge in [-0.05, 0) is 37.5 Å². The van der Waals surface area contributed by atoms with E-state index in [1.807, 2.05) is 11.8 Å². The monoisotopic (exact) mass is 328 g/mol. The van der Waals surface area contributed by atoms with Crippen LogP contribution >= 0.6 is 0 Å². The average Bonchev–Trinajstić information content (AvgIpc) is 3.10. The van der Waals surface area contributed by atoms with E-state index >= 15 is 0 Å². The molecule has 0 atom stereocenters. The Morgan fingerprint density at radius 1 is 1.25 bits per heavy atom. The number of nitrogens with one attached hydrogen (secondary N) is 2. The van der Waals surface area contributed by atoms with Crippen molar-refractivity contribution in [1.29, 1.82) is 0 Å². The molecule has 2 heterocycles. The lowest BCUT2D eigenvalue weighted by Gasteiger charge is -2.32. The molecule has 0 unspecified atom stereocenters. The van der Waals surface area contributed by atoms with Crippen molar-refractivity contribution in [1.82, 2.24) is 25.0 Å². The number of benzene rings is 1. The number of hydrogen-bond donors (Lipinski definition) is 2. The molecule has 0 radical (unpaired) electrons. The third kappa shape index (κ3) is 4.24. The molecular weight excluding hydrogens is 304 g/mol. The molecule has 3 rings (SSSR count). The van der Waals surface area contributed by atoms with E-state index in [0.717, 1.165) is 38.2 Å². The topological polar surface area (TPSA) is 75.1 Å². The second-order valence-electron chi connectivity index (χ2n) is 6.03.